The second-order valence-electron chi connectivity index (χ2n) is 4.76. The molecule has 118 valence electrons. The zero-order chi connectivity index (χ0) is 16.7. The van der Waals surface area contributed by atoms with Gasteiger partial charge in [-0.3, -0.25) is 4.79 Å². The molecule has 22 heavy (non-hydrogen) atoms. The molecule has 0 radical (unpaired) electrons. The molecule has 1 amide bonds. The lowest BCUT2D eigenvalue weighted by atomic mass is 10.1. The minimum absolute atomic E-state index is 0.00275. The van der Waals surface area contributed by atoms with Crippen molar-refractivity contribution in [2.45, 2.75) is 19.9 Å². The lowest BCUT2D eigenvalue weighted by molar-refractivity contribution is -0.117. The van der Waals surface area contributed by atoms with E-state index in [1.54, 1.807) is 12.1 Å². The first kappa shape index (κ1) is 17.4. The first-order valence-electron chi connectivity index (χ1n) is 6.69. The van der Waals surface area contributed by atoms with Gasteiger partial charge >= 0.3 is 0 Å². The van der Waals surface area contributed by atoms with Gasteiger partial charge in [0, 0.05) is 6.04 Å². The molecule has 1 aromatic rings. The van der Waals surface area contributed by atoms with E-state index in [-0.39, 0.29) is 11.6 Å². The molecule has 1 N–H and O–H groups in total. The van der Waals surface area contributed by atoms with E-state index < -0.39 is 5.91 Å². The van der Waals surface area contributed by atoms with Crippen LogP contribution >= 0.6 is 0 Å². The first-order valence-corrected chi connectivity index (χ1v) is 6.69. The number of benzene rings is 1. The van der Waals surface area contributed by atoms with E-state index in [4.69, 9.17) is 19.5 Å². The monoisotopic (exact) mass is 304 g/mol. The number of hydrogen-bond acceptors (Lipinski definition) is 5. The Balaban J connectivity index is 3.28. The van der Waals surface area contributed by atoms with Crippen molar-refractivity contribution >= 4 is 12.0 Å². The van der Waals surface area contributed by atoms with E-state index in [9.17, 15) is 4.79 Å². The summed E-state index contributed by atoms with van der Waals surface area (Å²) in [6, 6.07) is 5.18. The van der Waals surface area contributed by atoms with E-state index in [1.807, 2.05) is 19.9 Å². The predicted molar refractivity (Wildman–Crippen MR) is 83.0 cm³/mol. The van der Waals surface area contributed by atoms with Crippen LogP contribution in [0, 0.1) is 11.3 Å². The number of nitriles is 1. The summed E-state index contributed by atoms with van der Waals surface area (Å²) in [6.45, 7) is 3.65. The maximum atomic E-state index is 11.9. The topological polar surface area (TPSA) is 80.6 Å². The Bertz CT molecular complexity index is 590. The molecule has 0 fully saturated rings. The fourth-order valence-corrected chi connectivity index (χ4v) is 1.84. The Morgan fingerprint density at radius 2 is 1.73 bits per heavy atom. The van der Waals surface area contributed by atoms with E-state index in [0.717, 1.165) is 0 Å². The number of rotatable bonds is 6. The third-order valence-electron chi connectivity index (χ3n) is 2.78. The van der Waals surface area contributed by atoms with Crippen molar-refractivity contribution in [3.63, 3.8) is 0 Å². The fourth-order valence-electron chi connectivity index (χ4n) is 1.84. The highest BCUT2D eigenvalue weighted by atomic mass is 16.5. The Hall–Kier alpha value is -2.68. The molecule has 0 aliphatic carbocycles. The van der Waals surface area contributed by atoms with Crippen LogP contribution in [0.15, 0.2) is 17.7 Å². The predicted octanol–water partition coefficient (Wildman–Crippen LogP) is 2.14. The summed E-state index contributed by atoms with van der Waals surface area (Å²) in [5.41, 5.74) is 0.605. The van der Waals surface area contributed by atoms with Crippen LogP contribution in [0.3, 0.4) is 0 Å². The summed E-state index contributed by atoms with van der Waals surface area (Å²) < 4.78 is 15.7. The Morgan fingerprint density at radius 1 is 1.18 bits per heavy atom. The van der Waals surface area contributed by atoms with Crippen molar-refractivity contribution in [3.05, 3.63) is 23.3 Å². The standard InChI is InChI=1S/C16H20N2O4/c1-10(2)18-16(19)12(9-17)6-11-7-13(20-3)15(22-5)14(8-11)21-4/h6-8,10H,1-5H3,(H,18,19)/b12-6+. The van der Waals surface area contributed by atoms with Gasteiger partial charge < -0.3 is 19.5 Å². The summed E-state index contributed by atoms with van der Waals surface area (Å²) in [7, 11) is 4.51. The Kier molecular flexibility index (Phi) is 6.26. The number of hydrogen-bond donors (Lipinski definition) is 1. The normalized spacial score (nSPS) is 10.9. The zero-order valence-corrected chi connectivity index (χ0v) is 13.4. The van der Waals surface area contributed by atoms with E-state index in [0.29, 0.717) is 22.8 Å². The highest BCUT2D eigenvalue weighted by Crippen LogP contribution is 2.38. The number of amides is 1. The third kappa shape index (κ3) is 4.16. The molecule has 0 saturated carbocycles. The summed E-state index contributed by atoms with van der Waals surface area (Å²) >= 11 is 0. The third-order valence-corrected chi connectivity index (χ3v) is 2.78. The highest BCUT2D eigenvalue weighted by molar-refractivity contribution is 6.01. The van der Waals surface area contributed by atoms with Crippen molar-refractivity contribution in [2.75, 3.05) is 21.3 Å². The van der Waals surface area contributed by atoms with Crippen molar-refractivity contribution in [2.24, 2.45) is 0 Å². The minimum Gasteiger partial charge on any atom is -0.493 e. The summed E-state index contributed by atoms with van der Waals surface area (Å²) in [5.74, 6) is 0.933. The van der Waals surface area contributed by atoms with Gasteiger partial charge in [-0.1, -0.05) is 0 Å². The smallest absolute Gasteiger partial charge is 0.262 e. The van der Waals surface area contributed by atoms with E-state index >= 15 is 0 Å². The van der Waals surface area contributed by atoms with E-state index in [1.165, 1.54) is 27.4 Å². The average Bonchev–Trinajstić information content (AvgIpc) is 2.50. The number of nitrogens with zero attached hydrogens (tertiary/aromatic N) is 1. The summed E-state index contributed by atoms with van der Waals surface area (Å²) in [6.07, 6.45) is 1.47. The van der Waals surface area contributed by atoms with Gasteiger partial charge in [0.15, 0.2) is 11.5 Å². The maximum absolute atomic E-state index is 11.9. The molecule has 0 bridgehead atoms. The molecular weight excluding hydrogens is 284 g/mol. The van der Waals surface area contributed by atoms with Gasteiger partial charge in [-0.05, 0) is 37.6 Å². The van der Waals surface area contributed by atoms with Crippen LogP contribution in [-0.4, -0.2) is 33.3 Å². The number of nitrogens with one attached hydrogen (secondary N) is 1. The lowest BCUT2D eigenvalue weighted by Gasteiger charge is -2.13. The second-order valence-corrected chi connectivity index (χ2v) is 4.76. The van der Waals surface area contributed by atoms with E-state index in [2.05, 4.69) is 5.32 Å². The summed E-state index contributed by atoms with van der Waals surface area (Å²) in [5, 5.41) is 11.8. The number of methoxy groups -OCH3 is 3. The van der Waals surface area contributed by atoms with Crippen molar-refractivity contribution in [3.8, 4) is 23.3 Å². The average molecular weight is 304 g/mol. The Labute approximate surface area is 130 Å². The van der Waals surface area contributed by atoms with Crippen LogP contribution < -0.4 is 19.5 Å². The molecule has 0 unspecified atom stereocenters. The maximum Gasteiger partial charge on any atom is 0.262 e. The molecule has 0 heterocycles. The number of carbonyl (C=O) groups excluding carboxylic acids is 1. The molecule has 0 aromatic heterocycles. The quantitative estimate of drug-likeness (QED) is 0.643. The second kappa shape index (κ2) is 7.93. The van der Waals surface area contributed by atoms with Crippen LogP contribution in [-0.2, 0) is 4.79 Å². The van der Waals surface area contributed by atoms with Gasteiger partial charge in [-0.15, -0.1) is 0 Å². The van der Waals surface area contributed by atoms with Crippen LogP contribution in [0.1, 0.15) is 19.4 Å². The molecule has 0 atom stereocenters. The fraction of sp³-hybridized carbons (Fsp3) is 0.375. The molecule has 6 nitrogen and oxygen atoms in total. The highest BCUT2D eigenvalue weighted by Gasteiger charge is 2.15. The van der Waals surface area contributed by atoms with Gasteiger partial charge in [0.1, 0.15) is 11.6 Å². The van der Waals surface area contributed by atoms with Crippen molar-refractivity contribution < 1.29 is 19.0 Å². The SMILES string of the molecule is COc1cc(/C=C(\C#N)C(=O)NC(C)C)cc(OC)c1OC. The number of ether oxygens (including phenoxy) is 3. The number of carbonyl (C=O) groups is 1. The molecule has 0 spiro atoms. The molecule has 0 saturated heterocycles. The molecule has 6 heteroatoms. The molecule has 1 aromatic carbocycles. The van der Waals surface area contributed by atoms with Gasteiger partial charge in [-0.25, -0.2) is 0 Å². The first-order chi connectivity index (χ1) is 10.5. The molecule has 0 aliphatic heterocycles. The zero-order valence-electron chi connectivity index (χ0n) is 13.4. The lowest BCUT2D eigenvalue weighted by Crippen LogP contribution is -2.30. The van der Waals surface area contributed by atoms with Gasteiger partial charge in [0.2, 0.25) is 5.75 Å². The van der Waals surface area contributed by atoms with Crippen LogP contribution in [0.5, 0.6) is 17.2 Å². The van der Waals surface area contributed by atoms with Gasteiger partial charge in [-0.2, -0.15) is 5.26 Å². The van der Waals surface area contributed by atoms with Crippen LogP contribution in [0.25, 0.3) is 6.08 Å². The van der Waals surface area contributed by atoms with Gasteiger partial charge in [0.25, 0.3) is 5.91 Å². The van der Waals surface area contributed by atoms with Crippen molar-refractivity contribution in [1.82, 2.24) is 5.32 Å². The van der Waals surface area contributed by atoms with Crippen LogP contribution in [0.2, 0.25) is 0 Å². The van der Waals surface area contributed by atoms with Gasteiger partial charge in [0.05, 0.1) is 21.3 Å². The Morgan fingerprint density at radius 3 is 2.09 bits per heavy atom. The van der Waals surface area contributed by atoms with Crippen molar-refractivity contribution in [1.29, 1.82) is 5.26 Å². The summed E-state index contributed by atoms with van der Waals surface area (Å²) in [4.78, 5) is 11.9. The molecule has 1 rings (SSSR count). The minimum atomic E-state index is -0.425. The van der Waals surface area contributed by atoms with Crippen LogP contribution in [0.4, 0.5) is 0 Å². The molecular formula is C16H20N2O4. The molecule has 0 aliphatic rings. The largest absolute Gasteiger partial charge is 0.493 e.